The van der Waals surface area contributed by atoms with Crippen molar-refractivity contribution in [1.29, 1.82) is 0 Å². The van der Waals surface area contributed by atoms with Crippen LogP contribution in [0.2, 0.25) is 0 Å². The summed E-state index contributed by atoms with van der Waals surface area (Å²) in [5.41, 5.74) is 0.882. The van der Waals surface area contributed by atoms with Crippen molar-refractivity contribution < 1.29 is 18.3 Å². The van der Waals surface area contributed by atoms with Crippen molar-refractivity contribution in [2.45, 2.75) is 19.1 Å². The second kappa shape index (κ2) is 6.91. The topological polar surface area (TPSA) is 34.6 Å². The third kappa shape index (κ3) is 3.96. The molecule has 3 rings (SSSR count). The van der Waals surface area contributed by atoms with Gasteiger partial charge in [-0.05, 0) is 30.2 Å². The summed E-state index contributed by atoms with van der Waals surface area (Å²) < 4.78 is 37.4. The van der Waals surface area contributed by atoms with Crippen molar-refractivity contribution in [2.24, 2.45) is 0 Å². The molecule has 0 saturated carbocycles. The molecule has 1 aliphatic rings. The first-order valence-corrected chi connectivity index (χ1v) is 7.48. The summed E-state index contributed by atoms with van der Waals surface area (Å²) in [6.07, 6.45) is 0.795. The minimum atomic E-state index is -0.550. The van der Waals surface area contributed by atoms with Crippen LogP contribution >= 0.6 is 0 Å². The maximum absolute atomic E-state index is 13.7. The van der Waals surface area contributed by atoms with Crippen LogP contribution < -0.4 is 9.47 Å². The largest absolute Gasteiger partial charge is 0.494 e. The molecular weight excluding hydrogens is 302 g/mol. The van der Waals surface area contributed by atoms with Gasteiger partial charge in [-0.1, -0.05) is 12.1 Å². The van der Waals surface area contributed by atoms with Gasteiger partial charge < -0.3 is 9.47 Å². The number of benzene rings is 1. The number of ether oxygens (including phenoxy) is 2. The van der Waals surface area contributed by atoms with Gasteiger partial charge in [0.2, 0.25) is 11.8 Å². The first-order valence-electron chi connectivity index (χ1n) is 7.48. The summed E-state index contributed by atoms with van der Waals surface area (Å²) in [4.78, 5) is 5.88. The molecular formula is C17H18F2N2O2. The molecule has 23 heavy (non-hydrogen) atoms. The average Bonchev–Trinajstić information content (AvgIpc) is 2.94. The van der Waals surface area contributed by atoms with Gasteiger partial charge in [0.05, 0.1) is 7.11 Å². The van der Waals surface area contributed by atoms with E-state index in [1.165, 1.54) is 19.2 Å². The Balaban J connectivity index is 1.56. The Morgan fingerprint density at radius 2 is 2.13 bits per heavy atom. The smallest absolute Gasteiger partial charge is 0.216 e. The van der Waals surface area contributed by atoms with Crippen LogP contribution in [0.5, 0.6) is 11.6 Å². The number of aromatic nitrogens is 1. The number of hydrogen-bond donors (Lipinski definition) is 0. The van der Waals surface area contributed by atoms with Crippen LogP contribution in [0.25, 0.3) is 0 Å². The Morgan fingerprint density at radius 1 is 1.26 bits per heavy atom. The highest BCUT2D eigenvalue weighted by molar-refractivity contribution is 5.29. The van der Waals surface area contributed by atoms with Gasteiger partial charge >= 0.3 is 0 Å². The minimum absolute atomic E-state index is 0.0348. The summed E-state index contributed by atoms with van der Waals surface area (Å²) in [5, 5.41) is 0. The van der Waals surface area contributed by atoms with Crippen LogP contribution in [-0.4, -0.2) is 36.2 Å². The molecule has 0 radical (unpaired) electrons. The molecule has 1 aromatic carbocycles. The zero-order chi connectivity index (χ0) is 16.2. The third-order valence-corrected chi connectivity index (χ3v) is 3.83. The number of methoxy groups -OCH3 is 1. The van der Waals surface area contributed by atoms with Crippen LogP contribution in [0.4, 0.5) is 8.78 Å². The van der Waals surface area contributed by atoms with E-state index in [-0.39, 0.29) is 17.7 Å². The summed E-state index contributed by atoms with van der Waals surface area (Å²) in [7, 11) is 1.45. The van der Waals surface area contributed by atoms with E-state index in [1.807, 2.05) is 6.07 Å². The van der Waals surface area contributed by atoms with E-state index in [0.717, 1.165) is 18.5 Å². The molecule has 1 aliphatic heterocycles. The summed E-state index contributed by atoms with van der Waals surface area (Å²) in [5.74, 6) is -0.368. The van der Waals surface area contributed by atoms with E-state index in [9.17, 15) is 8.78 Å². The van der Waals surface area contributed by atoms with Gasteiger partial charge in [0.25, 0.3) is 0 Å². The normalized spacial score (nSPS) is 18.1. The highest BCUT2D eigenvalue weighted by Crippen LogP contribution is 2.22. The van der Waals surface area contributed by atoms with Crippen LogP contribution in [-0.2, 0) is 6.54 Å². The number of rotatable bonds is 5. The highest BCUT2D eigenvalue weighted by Gasteiger charge is 2.24. The SMILES string of the molecule is COc1ccc(CN2CCC(Oc3cccc(F)n3)C2)cc1F. The molecule has 1 aromatic heterocycles. The zero-order valence-electron chi connectivity index (χ0n) is 12.8. The van der Waals surface area contributed by atoms with Gasteiger partial charge in [-0.2, -0.15) is 9.37 Å². The van der Waals surface area contributed by atoms with Crippen LogP contribution in [0.1, 0.15) is 12.0 Å². The standard InChI is InChI=1S/C17H18F2N2O2/c1-22-15-6-5-12(9-14(15)18)10-21-8-7-13(11-21)23-17-4-2-3-16(19)20-17/h2-6,9,13H,7-8,10-11H2,1H3. The molecule has 2 heterocycles. The first kappa shape index (κ1) is 15.7. The fourth-order valence-electron chi connectivity index (χ4n) is 2.73. The molecule has 2 aromatic rings. The molecule has 4 nitrogen and oxygen atoms in total. The van der Waals surface area contributed by atoms with Crippen molar-refractivity contribution in [3.8, 4) is 11.6 Å². The van der Waals surface area contributed by atoms with Crippen LogP contribution in [0, 0.1) is 11.8 Å². The van der Waals surface area contributed by atoms with E-state index in [2.05, 4.69) is 9.88 Å². The maximum atomic E-state index is 13.7. The van der Waals surface area contributed by atoms with Crippen molar-refractivity contribution in [3.63, 3.8) is 0 Å². The van der Waals surface area contributed by atoms with Gasteiger partial charge in [0.15, 0.2) is 11.6 Å². The predicted octanol–water partition coefficient (Wildman–Crippen LogP) is 3.02. The molecule has 1 atom stereocenters. The van der Waals surface area contributed by atoms with Crippen molar-refractivity contribution >= 4 is 0 Å². The lowest BCUT2D eigenvalue weighted by atomic mass is 10.2. The van der Waals surface area contributed by atoms with E-state index in [1.54, 1.807) is 18.2 Å². The lowest BCUT2D eigenvalue weighted by Gasteiger charge is -2.17. The quantitative estimate of drug-likeness (QED) is 0.793. The summed E-state index contributed by atoms with van der Waals surface area (Å²) in [6.45, 7) is 2.18. The van der Waals surface area contributed by atoms with Crippen molar-refractivity contribution in [3.05, 3.63) is 53.7 Å². The molecule has 0 bridgehead atoms. The molecule has 1 unspecified atom stereocenters. The van der Waals surface area contributed by atoms with Gasteiger partial charge in [0, 0.05) is 25.7 Å². The molecule has 0 spiro atoms. The first-order chi connectivity index (χ1) is 11.1. The Morgan fingerprint density at radius 3 is 2.87 bits per heavy atom. The Labute approximate surface area is 133 Å². The molecule has 6 heteroatoms. The summed E-state index contributed by atoms with van der Waals surface area (Å²) in [6, 6.07) is 9.47. The molecule has 0 amide bonds. The van der Waals surface area contributed by atoms with Crippen molar-refractivity contribution in [1.82, 2.24) is 9.88 Å². The van der Waals surface area contributed by atoms with Gasteiger partial charge in [-0.25, -0.2) is 4.39 Å². The number of likely N-dealkylation sites (tertiary alicyclic amines) is 1. The maximum Gasteiger partial charge on any atom is 0.216 e. The Hall–Kier alpha value is -2.21. The molecule has 0 aliphatic carbocycles. The third-order valence-electron chi connectivity index (χ3n) is 3.83. The van der Waals surface area contributed by atoms with Gasteiger partial charge in [-0.3, -0.25) is 4.90 Å². The fraction of sp³-hybridized carbons (Fsp3) is 0.353. The average molecular weight is 320 g/mol. The predicted molar refractivity (Wildman–Crippen MR) is 81.5 cm³/mol. The minimum Gasteiger partial charge on any atom is -0.494 e. The molecule has 1 saturated heterocycles. The van der Waals surface area contributed by atoms with Gasteiger partial charge in [0.1, 0.15) is 6.10 Å². The molecule has 122 valence electrons. The molecule has 0 N–H and O–H groups in total. The monoisotopic (exact) mass is 320 g/mol. The van der Waals surface area contributed by atoms with Crippen LogP contribution in [0.15, 0.2) is 36.4 Å². The van der Waals surface area contributed by atoms with Crippen LogP contribution in [0.3, 0.4) is 0 Å². The number of nitrogens with zero attached hydrogens (tertiary/aromatic N) is 2. The number of halogens is 2. The van der Waals surface area contributed by atoms with E-state index < -0.39 is 5.95 Å². The second-order valence-electron chi connectivity index (χ2n) is 5.53. The number of pyridine rings is 1. The van der Waals surface area contributed by atoms with Crippen molar-refractivity contribution in [2.75, 3.05) is 20.2 Å². The molecule has 1 fully saturated rings. The fourth-order valence-corrected chi connectivity index (χ4v) is 2.73. The van der Waals surface area contributed by atoms with Gasteiger partial charge in [-0.15, -0.1) is 0 Å². The second-order valence-corrected chi connectivity index (χ2v) is 5.53. The Kier molecular flexibility index (Phi) is 4.71. The lowest BCUT2D eigenvalue weighted by molar-refractivity contribution is 0.189. The Bertz CT molecular complexity index is 681. The summed E-state index contributed by atoms with van der Waals surface area (Å²) >= 11 is 0. The lowest BCUT2D eigenvalue weighted by Crippen LogP contribution is -2.24. The zero-order valence-corrected chi connectivity index (χ0v) is 12.8. The van der Waals surface area contributed by atoms with E-state index in [0.29, 0.717) is 19.0 Å². The number of hydrogen-bond acceptors (Lipinski definition) is 4. The van der Waals surface area contributed by atoms with E-state index in [4.69, 9.17) is 9.47 Å². The van der Waals surface area contributed by atoms with E-state index >= 15 is 0 Å². The highest BCUT2D eigenvalue weighted by atomic mass is 19.1.